The quantitative estimate of drug-likeness (QED) is 0.675. The minimum absolute atomic E-state index is 0.720. The van der Waals surface area contributed by atoms with Gasteiger partial charge in [0.05, 0.1) is 13.2 Å². The largest absolute Gasteiger partial charge is 0.379 e. The van der Waals surface area contributed by atoms with E-state index in [1.807, 2.05) is 0 Å². The van der Waals surface area contributed by atoms with Gasteiger partial charge in [-0.15, -0.1) is 0 Å². The summed E-state index contributed by atoms with van der Waals surface area (Å²) in [6.45, 7) is 4.10. The lowest BCUT2D eigenvalue weighted by Gasteiger charge is -2.35. The maximum absolute atomic E-state index is 5.37. The van der Waals surface area contributed by atoms with Gasteiger partial charge in [0.2, 0.25) is 0 Å². The van der Waals surface area contributed by atoms with Gasteiger partial charge in [-0.25, -0.2) is 0 Å². The van der Waals surface area contributed by atoms with Crippen LogP contribution in [0.5, 0.6) is 0 Å². The van der Waals surface area contributed by atoms with Crippen molar-refractivity contribution in [3.63, 3.8) is 0 Å². The zero-order valence-corrected chi connectivity index (χ0v) is 8.46. The molecule has 3 heteroatoms. The van der Waals surface area contributed by atoms with Gasteiger partial charge in [-0.1, -0.05) is 6.42 Å². The minimum atomic E-state index is 0.720. The van der Waals surface area contributed by atoms with E-state index in [2.05, 4.69) is 17.3 Å². The number of likely N-dealkylation sites (N-methyl/N-ethyl adjacent to an activating group) is 1. The Hall–Kier alpha value is -0.120. The fourth-order valence-electron chi connectivity index (χ4n) is 2.62. The Bertz CT molecular complexity index is 157. The van der Waals surface area contributed by atoms with Gasteiger partial charge in [0, 0.05) is 25.2 Å². The van der Waals surface area contributed by atoms with E-state index in [9.17, 15) is 0 Å². The minimum Gasteiger partial charge on any atom is -0.379 e. The molecule has 1 saturated carbocycles. The summed E-state index contributed by atoms with van der Waals surface area (Å²) in [6, 6.07) is 1.49. The summed E-state index contributed by atoms with van der Waals surface area (Å²) in [6.07, 6.45) is 4.09. The van der Waals surface area contributed by atoms with Gasteiger partial charge >= 0.3 is 0 Å². The van der Waals surface area contributed by atoms with E-state index in [4.69, 9.17) is 4.74 Å². The summed E-state index contributed by atoms with van der Waals surface area (Å²) in [5.74, 6) is 0. The van der Waals surface area contributed by atoms with Crippen molar-refractivity contribution in [1.82, 2.24) is 10.2 Å². The van der Waals surface area contributed by atoms with E-state index >= 15 is 0 Å². The fraction of sp³-hybridized carbons (Fsp3) is 1.00. The Morgan fingerprint density at radius 3 is 2.69 bits per heavy atom. The molecule has 0 aromatic rings. The lowest BCUT2D eigenvalue weighted by molar-refractivity contribution is 0.0130. The van der Waals surface area contributed by atoms with Crippen LogP contribution in [-0.4, -0.2) is 50.3 Å². The van der Waals surface area contributed by atoms with Crippen molar-refractivity contribution in [1.29, 1.82) is 0 Å². The number of ether oxygens (including phenoxy) is 1. The molecule has 1 saturated heterocycles. The Labute approximate surface area is 80.4 Å². The summed E-state index contributed by atoms with van der Waals surface area (Å²) < 4.78 is 5.37. The van der Waals surface area contributed by atoms with Gasteiger partial charge in [-0.2, -0.15) is 0 Å². The smallest absolute Gasteiger partial charge is 0.0594 e. The van der Waals surface area contributed by atoms with Crippen LogP contribution in [0, 0.1) is 0 Å². The molecule has 1 aliphatic heterocycles. The van der Waals surface area contributed by atoms with Crippen LogP contribution in [0.1, 0.15) is 19.3 Å². The van der Waals surface area contributed by atoms with Crippen LogP contribution < -0.4 is 5.32 Å². The predicted molar refractivity (Wildman–Crippen MR) is 52.9 cm³/mol. The van der Waals surface area contributed by atoms with Crippen molar-refractivity contribution in [3.05, 3.63) is 0 Å². The molecule has 2 fully saturated rings. The number of rotatable bonds is 2. The highest BCUT2D eigenvalue weighted by molar-refractivity contribution is 4.90. The van der Waals surface area contributed by atoms with Crippen LogP contribution >= 0.6 is 0 Å². The van der Waals surface area contributed by atoms with E-state index < -0.39 is 0 Å². The SMILES string of the molecule is CN[C@H]1CCC[C@H]1N1CCOCC1. The molecule has 0 amide bonds. The molecule has 0 aromatic carbocycles. The fourth-order valence-corrected chi connectivity index (χ4v) is 2.62. The Morgan fingerprint density at radius 1 is 1.23 bits per heavy atom. The van der Waals surface area contributed by atoms with Crippen molar-refractivity contribution in [2.24, 2.45) is 0 Å². The predicted octanol–water partition coefficient (Wildman–Crippen LogP) is 0.459. The summed E-state index contributed by atoms with van der Waals surface area (Å²) in [5.41, 5.74) is 0. The first-order chi connectivity index (χ1) is 6.42. The van der Waals surface area contributed by atoms with Gasteiger partial charge in [-0.05, 0) is 19.9 Å². The highest BCUT2D eigenvalue weighted by atomic mass is 16.5. The van der Waals surface area contributed by atoms with Crippen LogP contribution in [0.4, 0.5) is 0 Å². The molecule has 2 aliphatic rings. The highest BCUT2D eigenvalue weighted by Gasteiger charge is 2.31. The van der Waals surface area contributed by atoms with E-state index in [-0.39, 0.29) is 0 Å². The van der Waals surface area contributed by atoms with Crippen molar-refractivity contribution in [2.75, 3.05) is 33.4 Å². The molecule has 1 heterocycles. The van der Waals surface area contributed by atoms with Crippen molar-refractivity contribution >= 4 is 0 Å². The normalized spacial score (nSPS) is 36.7. The number of nitrogens with zero attached hydrogens (tertiary/aromatic N) is 1. The molecule has 1 aliphatic carbocycles. The average Bonchev–Trinajstić information content (AvgIpc) is 2.67. The second-order valence-electron chi connectivity index (χ2n) is 4.04. The number of nitrogens with one attached hydrogen (secondary N) is 1. The third kappa shape index (κ3) is 2.03. The molecule has 3 nitrogen and oxygen atoms in total. The van der Waals surface area contributed by atoms with Gasteiger partial charge in [0.15, 0.2) is 0 Å². The maximum atomic E-state index is 5.37. The van der Waals surface area contributed by atoms with E-state index in [0.29, 0.717) is 0 Å². The molecule has 2 rings (SSSR count). The second kappa shape index (κ2) is 4.40. The monoisotopic (exact) mass is 184 g/mol. The van der Waals surface area contributed by atoms with E-state index in [1.165, 1.54) is 19.3 Å². The average molecular weight is 184 g/mol. The molecular weight excluding hydrogens is 164 g/mol. The topological polar surface area (TPSA) is 24.5 Å². The van der Waals surface area contributed by atoms with Crippen LogP contribution in [0.25, 0.3) is 0 Å². The van der Waals surface area contributed by atoms with Gasteiger partial charge in [-0.3, -0.25) is 4.90 Å². The Kier molecular flexibility index (Phi) is 3.19. The molecule has 0 spiro atoms. The van der Waals surface area contributed by atoms with Crippen LogP contribution in [-0.2, 0) is 4.74 Å². The van der Waals surface area contributed by atoms with Crippen molar-refractivity contribution in [2.45, 2.75) is 31.3 Å². The Morgan fingerprint density at radius 2 is 2.00 bits per heavy atom. The first-order valence-electron chi connectivity index (χ1n) is 5.41. The van der Waals surface area contributed by atoms with Gasteiger partial charge in [0.1, 0.15) is 0 Å². The molecule has 1 N–H and O–H groups in total. The summed E-state index contributed by atoms with van der Waals surface area (Å²) in [4.78, 5) is 2.59. The lowest BCUT2D eigenvalue weighted by Crippen LogP contribution is -2.50. The lowest BCUT2D eigenvalue weighted by atomic mass is 10.1. The number of morpholine rings is 1. The van der Waals surface area contributed by atoms with Crippen molar-refractivity contribution in [3.8, 4) is 0 Å². The molecule has 0 aromatic heterocycles. The third-order valence-corrected chi connectivity index (χ3v) is 3.36. The molecular formula is C10H20N2O. The molecule has 0 radical (unpaired) electrons. The van der Waals surface area contributed by atoms with Gasteiger partial charge < -0.3 is 10.1 Å². The zero-order valence-electron chi connectivity index (χ0n) is 8.46. The van der Waals surface area contributed by atoms with Crippen molar-refractivity contribution < 1.29 is 4.74 Å². The van der Waals surface area contributed by atoms with E-state index in [0.717, 1.165) is 38.4 Å². The van der Waals surface area contributed by atoms with Crippen LogP contribution in [0.2, 0.25) is 0 Å². The molecule has 76 valence electrons. The first-order valence-corrected chi connectivity index (χ1v) is 5.41. The first kappa shape index (κ1) is 9.44. The zero-order chi connectivity index (χ0) is 9.10. The van der Waals surface area contributed by atoms with Crippen LogP contribution in [0.15, 0.2) is 0 Å². The molecule has 13 heavy (non-hydrogen) atoms. The summed E-state index contributed by atoms with van der Waals surface area (Å²) in [5, 5.41) is 3.43. The second-order valence-corrected chi connectivity index (χ2v) is 4.04. The Balaban J connectivity index is 1.90. The third-order valence-electron chi connectivity index (χ3n) is 3.36. The molecule has 2 atom stereocenters. The molecule has 0 bridgehead atoms. The number of hydrogen-bond acceptors (Lipinski definition) is 3. The summed E-state index contributed by atoms with van der Waals surface area (Å²) in [7, 11) is 2.09. The highest BCUT2D eigenvalue weighted by Crippen LogP contribution is 2.24. The standard InChI is InChI=1S/C10H20N2O/c1-11-9-3-2-4-10(9)12-5-7-13-8-6-12/h9-11H,2-8H2,1H3/t9-,10+/m0/s1. The maximum Gasteiger partial charge on any atom is 0.0594 e. The molecule has 0 unspecified atom stereocenters. The van der Waals surface area contributed by atoms with Crippen LogP contribution in [0.3, 0.4) is 0 Å². The van der Waals surface area contributed by atoms with E-state index in [1.54, 1.807) is 0 Å². The number of hydrogen-bond donors (Lipinski definition) is 1. The van der Waals surface area contributed by atoms with Gasteiger partial charge in [0.25, 0.3) is 0 Å². The summed E-state index contributed by atoms with van der Waals surface area (Å²) >= 11 is 0.